The molecule has 162 valence electrons. The Morgan fingerprint density at radius 3 is 2.74 bits per heavy atom. The van der Waals surface area contributed by atoms with Crippen molar-refractivity contribution in [3.8, 4) is 17.2 Å². The highest BCUT2D eigenvalue weighted by Crippen LogP contribution is 2.42. The van der Waals surface area contributed by atoms with E-state index in [2.05, 4.69) is 30.0 Å². The van der Waals surface area contributed by atoms with E-state index in [9.17, 15) is 9.59 Å². The lowest BCUT2D eigenvalue weighted by Crippen LogP contribution is -2.33. The van der Waals surface area contributed by atoms with E-state index in [0.717, 1.165) is 29.8 Å². The number of aryl methyl sites for hydroxylation is 2. The molecule has 0 unspecified atom stereocenters. The van der Waals surface area contributed by atoms with E-state index in [1.165, 1.54) is 14.7 Å². The number of carbonyl (C=O) groups is 2. The molecular formula is C22H25N5O3S. The van der Waals surface area contributed by atoms with E-state index >= 15 is 0 Å². The van der Waals surface area contributed by atoms with Crippen molar-refractivity contribution in [2.45, 2.75) is 39.5 Å². The summed E-state index contributed by atoms with van der Waals surface area (Å²) in [4.78, 5) is 37.8. The van der Waals surface area contributed by atoms with Crippen molar-refractivity contribution in [2.75, 3.05) is 20.2 Å². The first-order chi connectivity index (χ1) is 14.9. The van der Waals surface area contributed by atoms with Gasteiger partial charge in [-0.2, -0.15) is 5.10 Å². The molecule has 0 bridgehead atoms. The Morgan fingerprint density at radius 1 is 1.32 bits per heavy atom. The first-order valence-corrected chi connectivity index (χ1v) is 11.1. The third-order valence-electron chi connectivity index (χ3n) is 5.17. The lowest BCUT2D eigenvalue weighted by molar-refractivity contribution is -0.143. The van der Waals surface area contributed by atoms with Crippen molar-refractivity contribution in [2.24, 2.45) is 0 Å². The minimum Gasteiger partial charge on any atom is -0.465 e. The van der Waals surface area contributed by atoms with Crippen LogP contribution in [0.4, 0.5) is 0 Å². The zero-order valence-corrected chi connectivity index (χ0v) is 18.9. The molecule has 1 aliphatic rings. The topological polar surface area (TPSA) is 90.2 Å². The Labute approximate surface area is 184 Å². The number of aromatic nitrogens is 4. The van der Waals surface area contributed by atoms with Crippen molar-refractivity contribution in [3.05, 3.63) is 45.5 Å². The van der Waals surface area contributed by atoms with Crippen LogP contribution in [-0.4, -0.2) is 56.7 Å². The summed E-state index contributed by atoms with van der Waals surface area (Å²) in [5.74, 6) is -0.0255. The molecule has 0 spiro atoms. The predicted molar refractivity (Wildman–Crippen MR) is 118 cm³/mol. The second kappa shape index (κ2) is 8.58. The van der Waals surface area contributed by atoms with E-state index in [-0.39, 0.29) is 25.0 Å². The SMILES string of the molecule is CCOC(=O)CN(C)C(=O)c1cnn(-c2nccc(-c3cc(C)sc3C)n2)c1C1CC1. The summed E-state index contributed by atoms with van der Waals surface area (Å²) in [7, 11) is 1.59. The van der Waals surface area contributed by atoms with E-state index in [1.54, 1.807) is 42.4 Å². The fourth-order valence-electron chi connectivity index (χ4n) is 3.59. The Bertz CT molecular complexity index is 1130. The highest BCUT2D eigenvalue weighted by molar-refractivity contribution is 7.12. The van der Waals surface area contributed by atoms with Gasteiger partial charge in [-0.05, 0) is 45.7 Å². The molecule has 0 aromatic carbocycles. The Morgan fingerprint density at radius 2 is 2.10 bits per heavy atom. The highest BCUT2D eigenvalue weighted by atomic mass is 32.1. The van der Waals surface area contributed by atoms with Gasteiger partial charge in [0.25, 0.3) is 11.9 Å². The van der Waals surface area contributed by atoms with Crippen LogP contribution in [0, 0.1) is 13.8 Å². The quantitative estimate of drug-likeness (QED) is 0.523. The summed E-state index contributed by atoms with van der Waals surface area (Å²) in [6, 6.07) is 4.01. The molecule has 1 saturated carbocycles. The normalized spacial score (nSPS) is 13.3. The molecule has 1 aliphatic carbocycles. The molecule has 31 heavy (non-hydrogen) atoms. The predicted octanol–water partition coefficient (Wildman–Crippen LogP) is 3.52. The van der Waals surface area contributed by atoms with E-state index in [0.29, 0.717) is 11.5 Å². The van der Waals surface area contributed by atoms with E-state index < -0.39 is 5.97 Å². The van der Waals surface area contributed by atoms with Crippen LogP contribution < -0.4 is 0 Å². The summed E-state index contributed by atoms with van der Waals surface area (Å²) in [6.45, 7) is 6.07. The Hall–Kier alpha value is -3.07. The third-order valence-corrected chi connectivity index (χ3v) is 6.13. The number of ether oxygens (including phenoxy) is 1. The van der Waals surface area contributed by atoms with Crippen molar-refractivity contribution < 1.29 is 14.3 Å². The molecule has 0 radical (unpaired) electrons. The van der Waals surface area contributed by atoms with Gasteiger partial charge >= 0.3 is 5.97 Å². The first kappa shape index (κ1) is 21.2. The third kappa shape index (κ3) is 4.36. The van der Waals surface area contributed by atoms with Crippen LogP contribution in [0.2, 0.25) is 0 Å². The molecule has 3 aromatic heterocycles. The number of carbonyl (C=O) groups excluding carboxylic acids is 2. The van der Waals surface area contributed by atoms with Crippen LogP contribution in [-0.2, 0) is 9.53 Å². The van der Waals surface area contributed by atoms with Crippen LogP contribution in [0.5, 0.6) is 0 Å². The number of rotatable bonds is 7. The average molecular weight is 440 g/mol. The van der Waals surface area contributed by atoms with Crippen molar-refractivity contribution in [1.82, 2.24) is 24.6 Å². The highest BCUT2D eigenvalue weighted by Gasteiger charge is 2.34. The molecule has 3 heterocycles. The molecule has 4 rings (SSSR count). The minimum absolute atomic E-state index is 0.106. The zero-order valence-electron chi connectivity index (χ0n) is 18.1. The summed E-state index contributed by atoms with van der Waals surface area (Å²) >= 11 is 1.73. The van der Waals surface area contributed by atoms with E-state index in [4.69, 9.17) is 9.72 Å². The van der Waals surface area contributed by atoms with Crippen LogP contribution >= 0.6 is 11.3 Å². The summed E-state index contributed by atoms with van der Waals surface area (Å²) in [5, 5.41) is 4.46. The molecule has 0 saturated heterocycles. The molecule has 0 atom stereocenters. The van der Waals surface area contributed by atoms with Crippen LogP contribution in [0.3, 0.4) is 0 Å². The first-order valence-electron chi connectivity index (χ1n) is 10.3. The summed E-state index contributed by atoms with van der Waals surface area (Å²) in [6.07, 6.45) is 5.23. The average Bonchev–Trinajstić information content (AvgIpc) is 3.39. The molecule has 1 fully saturated rings. The molecule has 0 N–H and O–H groups in total. The van der Waals surface area contributed by atoms with Gasteiger partial charge in [-0.15, -0.1) is 11.3 Å². The van der Waals surface area contributed by atoms with E-state index in [1.807, 2.05) is 6.07 Å². The van der Waals surface area contributed by atoms with Crippen molar-refractivity contribution >= 4 is 23.2 Å². The Kier molecular flexibility index (Phi) is 5.86. The fourth-order valence-corrected chi connectivity index (χ4v) is 4.53. The van der Waals surface area contributed by atoms with Crippen LogP contribution in [0.1, 0.15) is 51.5 Å². The number of amides is 1. The largest absolute Gasteiger partial charge is 0.465 e. The van der Waals surface area contributed by atoms with Gasteiger partial charge in [0.1, 0.15) is 6.54 Å². The number of likely N-dealkylation sites (N-methyl/N-ethyl adjacent to an activating group) is 1. The molecular weight excluding hydrogens is 414 g/mol. The number of esters is 1. The monoisotopic (exact) mass is 439 g/mol. The smallest absolute Gasteiger partial charge is 0.325 e. The van der Waals surface area contributed by atoms with Crippen molar-refractivity contribution in [1.29, 1.82) is 0 Å². The standard InChI is InChI=1S/C22H25N5O3S/c1-5-30-19(28)12-26(4)21(29)17-11-24-27(20(17)15-6-7-15)22-23-9-8-18(25-22)16-10-13(2)31-14(16)3/h8-11,15H,5-7,12H2,1-4H3. The Balaban J connectivity index is 1.67. The lowest BCUT2D eigenvalue weighted by Gasteiger charge is -2.16. The van der Waals surface area contributed by atoms with Gasteiger partial charge in [0, 0.05) is 34.5 Å². The fraction of sp³-hybridized carbons (Fsp3) is 0.409. The molecule has 1 amide bonds. The molecule has 8 nitrogen and oxygen atoms in total. The lowest BCUT2D eigenvalue weighted by atomic mass is 10.1. The molecule has 0 aliphatic heterocycles. The molecule has 9 heteroatoms. The van der Waals surface area contributed by atoms with Gasteiger partial charge in [0.2, 0.25) is 0 Å². The number of hydrogen-bond donors (Lipinski definition) is 0. The number of hydrogen-bond acceptors (Lipinski definition) is 7. The van der Waals surface area contributed by atoms with Gasteiger partial charge in [-0.25, -0.2) is 14.6 Å². The maximum Gasteiger partial charge on any atom is 0.325 e. The maximum absolute atomic E-state index is 13.0. The number of nitrogens with zero attached hydrogens (tertiary/aromatic N) is 5. The van der Waals surface area contributed by atoms with Gasteiger partial charge in [0.05, 0.1) is 29.8 Å². The van der Waals surface area contributed by atoms with Gasteiger partial charge < -0.3 is 9.64 Å². The van der Waals surface area contributed by atoms with Gasteiger partial charge in [0.15, 0.2) is 0 Å². The summed E-state index contributed by atoms with van der Waals surface area (Å²) < 4.78 is 6.62. The second-order valence-electron chi connectivity index (χ2n) is 7.66. The zero-order chi connectivity index (χ0) is 22.1. The molecule has 3 aromatic rings. The van der Waals surface area contributed by atoms with Gasteiger partial charge in [-0.1, -0.05) is 0 Å². The summed E-state index contributed by atoms with van der Waals surface area (Å²) in [5.41, 5.74) is 3.19. The van der Waals surface area contributed by atoms with Crippen LogP contribution in [0.25, 0.3) is 17.2 Å². The van der Waals surface area contributed by atoms with Gasteiger partial charge in [-0.3, -0.25) is 9.59 Å². The van der Waals surface area contributed by atoms with Crippen LogP contribution in [0.15, 0.2) is 24.5 Å². The van der Waals surface area contributed by atoms with Crippen molar-refractivity contribution in [3.63, 3.8) is 0 Å². The second-order valence-corrected chi connectivity index (χ2v) is 9.13. The minimum atomic E-state index is -0.434. The number of thiophene rings is 1. The maximum atomic E-state index is 13.0.